The van der Waals surface area contributed by atoms with Crippen LogP contribution in [-0.2, 0) is 11.2 Å². The average molecular weight is 306 g/mol. The van der Waals surface area contributed by atoms with E-state index in [4.69, 9.17) is 4.74 Å². The van der Waals surface area contributed by atoms with Crippen LogP contribution in [0.3, 0.4) is 0 Å². The Bertz CT molecular complexity index is 290. The van der Waals surface area contributed by atoms with Gasteiger partial charge in [0.15, 0.2) is 0 Å². The van der Waals surface area contributed by atoms with Gasteiger partial charge in [0.25, 0.3) is 0 Å². The molecule has 0 aromatic carbocycles. The van der Waals surface area contributed by atoms with Crippen LogP contribution in [0.25, 0.3) is 0 Å². The Kier molecular flexibility index (Phi) is 7.28. The topological polar surface area (TPSA) is 21.3 Å². The number of rotatable bonds is 8. The first kappa shape index (κ1) is 14.2. The summed E-state index contributed by atoms with van der Waals surface area (Å²) < 4.78 is 6.34. The second-order valence-electron chi connectivity index (χ2n) is 3.79. The predicted octanol–water partition coefficient (Wildman–Crippen LogP) is 3.46. The Balaban J connectivity index is 2.41. The van der Waals surface area contributed by atoms with E-state index in [1.165, 1.54) is 15.8 Å². The van der Waals surface area contributed by atoms with Crippen molar-refractivity contribution in [3.63, 3.8) is 0 Å². The Labute approximate surface area is 111 Å². The highest BCUT2D eigenvalue weighted by Gasteiger charge is 2.11. The zero-order valence-electron chi connectivity index (χ0n) is 9.96. The van der Waals surface area contributed by atoms with E-state index in [0.717, 1.165) is 26.0 Å². The summed E-state index contributed by atoms with van der Waals surface area (Å²) in [5, 5.41) is 5.67. The molecule has 4 heteroatoms. The minimum atomic E-state index is 0.565. The molecule has 1 unspecified atom stereocenters. The van der Waals surface area contributed by atoms with Crippen molar-refractivity contribution in [2.75, 3.05) is 20.3 Å². The van der Waals surface area contributed by atoms with Crippen molar-refractivity contribution >= 4 is 27.3 Å². The fourth-order valence-electron chi connectivity index (χ4n) is 1.73. The molecule has 0 bridgehead atoms. The van der Waals surface area contributed by atoms with E-state index in [0.29, 0.717) is 6.04 Å². The fourth-order valence-corrected chi connectivity index (χ4v) is 3.33. The first-order valence-electron chi connectivity index (χ1n) is 5.72. The summed E-state index contributed by atoms with van der Waals surface area (Å²) in [5.41, 5.74) is 0. The molecule has 92 valence electrons. The molecule has 0 fully saturated rings. The third kappa shape index (κ3) is 4.95. The summed E-state index contributed by atoms with van der Waals surface area (Å²) in [5.74, 6) is 0. The van der Waals surface area contributed by atoms with Crippen LogP contribution in [0, 0.1) is 0 Å². The van der Waals surface area contributed by atoms with Crippen molar-refractivity contribution in [2.45, 2.75) is 32.2 Å². The first-order chi connectivity index (χ1) is 7.77. The van der Waals surface area contributed by atoms with E-state index >= 15 is 0 Å². The van der Waals surface area contributed by atoms with Crippen molar-refractivity contribution in [1.29, 1.82) is 0 Å². The smallest absolute Gasteiger partial charge is 0.0462 e. The van der Waals surface area contributed by atoms with Crippen LogP contribution in [0.15, 0.2) is 15.9 Å². The molecule has 0 saturated carbocycles. The Morgan fingerprint density at radius 1 is 1.56 bits per heavy atom. The third-order valence-electron chi connectivity index (χ3n) is 2.52. The minimum Gasteiger partial charge on any atom is -0.385 e. The maximum atomic E-state index is 5.09. The fraction of sp³-hybridized carbons (Fsp3) is 0.667. The number of thiophene rings is 1. The van der Waals surface area contributed by atoms with Crippen molar-refractivity contribution in [2.24, 2.45) is 0 Å². The van der Waals surface area contributed by atoms with E-state index in [9.17, 15) is 0 Å². The summed E-state index contributed by atoms with van der Waals surface area (Å²) in [4.78, 5) is 1.43. The van der Waals surface area contributed by atoms with Crippen LogP contribution in [0.5, 0.6) is 0 Å². The number of hydrogen-bond acceptors (Lipinski definition) is 3. The molecule has 16 heavy (non-hydrogen) atoms. The highest BCUT2D eigenvalue weighted by Crippen LogP contribution is 2.24. The largest absolute Gasteiger partial charge is 0.385 e. The third-order valence-corrected chi connectivity index (χ3v) is 4.47. The second kappa shape index (κ2) is 8.23. The van der Waals surface area contributed by atoms with Crippen LogP contribution < -0.4 is 5.32 Å². The summed E-state index contributed by atoms with van der Waals surface area (Å²) in [6.07, 6.45) is 3.40. The van der Waals surface area contributed by atoms with Crippen LogP contribution in [-0.4, -0.2) is 26.3 Å². The molecule has 1 rings (SSSR count). The Hall–Kier alpha value is 0.100. The average Bonchev–Trinajstić information content (AvgIpc) is 2.65. The molecule has 1 aromatic heterocycles. The number of nitrogens with one attached hydrogen (secondary N) is 1. The molecule has 1 heterocycles. The molecule has 2 nitrogen and oxygen atoms in total. The van der Waals surface area contributed by atoms with Crippen molar-refractivity contribution in [3.8, 4) is 0 Å². The van der Waals surface area contributed by atoms with Crippen molar-refractivity contribution in [1.82, 2.24) is 5.32 Å². The maximum absolute atomic E-state index is 5.09. The molecular formula is C12H20BrNOS. The lowest BCUT2D eigenvalue weighted by atomic mass is 10.1. The lowest BCUT2D eigenvalue weighted by Gasteiger charge is -2.17. The second-order valence-corrected chi connectivity index (χ2v) is 5.64. The zero-order chi connectivity index (χ0) is 11.8. The highest BCUT2D eigenvalue weighted by molar-refractivity contribution is 9.10. The van der Waals surface area contributed by atoms with Gasteiger partial charge >= 0.3 is 0 Å². The van der Waals surface area contributed by atoms with Gasteiger partial charge in [-0.2, -0.15) is 0 Å². The van der Waals surface area contributed by atoms with Crippen molar-refractivity contribution < 1.29 is 4.74 Å². The number of hydrogen-bond donors (Lipinski definition) is 1. The molecule has 0 aliphatic rings. The molecule has 1 atom stereocenters. The SMILES string of the molecule is CCNC(CCCOC)Cc1sccc1Br. The molecule has 0 spiro atoms. The van der Waals surface area contributed by atoms with Gasteiger partial charge in [-0.3, -0.25) is 0 Å². The Morgan fingerprint density at radius 2 is 2.38 bits per heavy atom. The normalized spacial score (nSPS) is 12.9. The lowest BCUT2D eigenvalue weighted by Crippen LogP contribution is -2.31. The van der Waals surface area contributed by atoms with Gasteiger partial charge in [-0.05, 0) is 53.2 Å². The van der Waals surface area contributed by atoms with Gasteiger partial charge in [-0.1, -0.05) is 6.92 Å². The molecular weight excluding hydrogens is 286 g/mol. The van der Waals surface area contributed by atoms with Gasteiger partial charge < -0.3 is 10.1 Å². The summed E-state index contributed by atoms with van der Waals surface area (Å²) in [7, 11) is 1.76. The summed E-state index contributed by atoms with van der Waals surface area (Å²) in [6, 6.07) is 2.69. The van der Waals surface area contributed by atoms with Gasteiger partial charge in [0.05, 0.1) is 0 Å². The monoisotopic (exact) mass is 305 g/mol. The molecule has 0 radical (unpaired) electrons. The maximum Gasteiger partial charge on any atom is 0.0462 e. The number of ether oxygens (including phenoxy) is 1. The van der Waals surface area contributed by atoms with Crippen LogP contribution >= 0.6 is 27.3 Å². The number of halogens is 1. The van der Waals surface area contributed by atoms with Crippen LogP contribution in [0.2, 0.25) is 0 Å². The summed E-state index contributed by atoms with van der Waals surface area (Å²) in [6.45, 7) is 4.04. The number of likely N-dealkylation sites (N-methyl/N-ethyl adjacent to an activating group) is 1. The number of methoxy groups -OCH3 is 1. The lowest BCUT2D eigenvalue weighted by molar-refractivity contribution is 0.188. The van der Waals surface area contributed by atoms with E-state index in [1.54, 1.807) is 7.11 Å². The van der Waals surface area contributed by atoms with E-state index < -0.39 is 0 Å². The summed E-state index contributed by atoms with van der Waals surface area (Å²) >= 11 is 5.41. The van der Waals surface area contributed by atoms with E-state index in [1.807, 2.05) is 11.3 Å². The minimum absolute atomic E-state index is 0.565. The van der Waals surface area contributed by atoms with Crippen LogP contribution in [0.4, 0.5) is 0 Å². The van der Waals surface area contributed by atoms with Gasteiger partial charge in [0, 0.05) is 29.1 Å². The van der Waals surface area contributed by atoms with Gasteiger partial charge in [-0.25, -0.2) is 0 Å². The van der Waals surface area contributed by atoms with E-state index in [2.05, 4.69) is 39.6 Å². The molecule has 0 aliphatic heterocycles. The van der Waals surface area contributed by atoms with Gasteiger partial charge in [0.2, 0.25) is 0 Å². The predicted molar refractivity (Wildman–Crippen MR) is 74.3 cm³/mol. The van der Waals surface area contributed by atoms with Crippen LogP contribution in [0.1, 0.15) is 24.6 Å². The Morgan fingerprint density at radius 3 is 2.94 bits per heavy atom. The molecule has 0 saturated heterocycles. The molecule has 1 N–H and O–H groups in total. The van der Waals surface area contributed by atoms with Gasteiger partial charge in [-0.15, -0.1) is 11.3 Å². The van der Waals surface area contributed by atoms with Crippen molar-refractivity contribution in [3.05, 3.63) is 20.8 Å². The quantitative estimate of drug-likeness (QED) is 0.743. The molecule has 0 aliphatic carbocycles. The van der Waals surface area contributed by atoms with E-state index in [-0.39, 0.29) is 0 Å². The first-order valence-corrected chi connectivity index (χ1v) is 7.39. The molecule has 0 amide bonds. The van der Waals surface area contributed by atoms with Gasteiger partial charge in [0.1, 0.15) is 0 Å². The highest BCUT2D eigenvalue weighted by atomic mass is 79.9. The molecule has 1 aromatic rings. The standard InChI is InChI=1S/C12H20BrNOS/c1-3-14-10(5-4-7-15-2)9-12-11(13)6-8-16-12/h6,8,10,14H,3-5,7,9H2,1-2H3. The zero-order valence-corrected chi connectivity index (χ0v) is 12.4.